The summed E-state index contributed by atoms with van der Waals surface area (Å²) in [5.74, 6) is 0.0334. The van der Waals surface area contributed by atoms with Gasteiger partial charge >= 0.3 is 0 Å². The quantitative estimate of drug-likeness (QED) is 0.853. The number of aromatic nitrogens is 1. The lowest BCUT2D eigenvalue weighted by molar-refractivity contribution is -0.0125. The molecule has 0 N–H and O–H groups in total. The fourth-order valence-corrected chi connectivity index (χ4v) is 3.79. The molecule has 1 aromatic heterocycles. The van der Waals surface area contributed by atoms with Gasteiger partial charge in [-0.05, 0) is 50.1 Å². The van der Waals surface area contributed by atoms with Crippen LogP contribution in [0.5, 0.6) is 0 Å². The average Bonchev–Trinajstić information content (AvgIpc) is 2.58. The summed E-state index contributed by atoms with van der Waals surface area (Å²) in [5, 5.41) is 0.760. The minimum absolute atomic E-state index is 0.0334. The van der Waals surface area contributed by atoms with Gasteiger partial charge in [0.25, 0.3) is 5.91 Å². The Bertz CT molecular complexity index is 748. The first-order chi connectivity index (χ1) is 11.5. The third kappa shape index (κ3) is 3.79. The molecule has 0 spiro atoms. The zero-order valence-corrected chi connectivity index (χ0v) is 15.1. The van der Waals surface area contributed by atoms with Crippen LogP contribution in [0, 0.1) is 13.8 Å². The molecule has 1 aromatic carbocycles. The van der Waals surface area contributed by atoms with Gasteiger partial charge in [-0.25, -0.2) is 4.98 Å². The first-order valence-electron chi connectivity index (χ1n) is 8.15. The molecule has 1 aliphatic rings. The summed E-state index contributed by atoms with van der Waals surface area (Å²) in [6, 6.07) is 10.0. The monoisotopic (exact) mass is 342 g/mol. The van der Waals surface area contributed by atoms with E-state index in [1.54, 1.807) is 18.0 Å². The maximum absolute atomic E-state index is 12.9. The number of morpholine rings is 1. The molecule has 1 aliphatic heterocycles. The molecule has 2 aromatic rings. The second-order valence-corrected chi connectivity index (χ2v) is 7.19. The van der Waals surface area contributed by atoms with E-state index >= 15 is 0 Å². The third-order valence-corrected chi connectivity index (χ3v) is 5.26. The third-order valence-electron chi connectivity index (χ3n) is 4.08. The first kappa shape index (κ1) is 17.0. The first-order valence-corrected chi connectivity index (χ1v) is 8.97. The number of hydrogen-bond donors (Lipinski definition) is 0. The van der Waals surface area contributed by atoms with E-state index in [1.165, 1.54) is 11.1 Å². The lowest BCUT2D eigenvalue weighted by Crippen LogP contribution is -2.44. The molecule has 1 saturated heterocycles. The molecule has 0 bridgehead atoms. The highest BCUT2D eigenvalue weighted by Crippen LogP contribution is 2.32. The summed E-state index contributed by atoms with van der Waals surface area (Å²) in [5.41, 5.74) is 3.06. The van der Waals surface area contributed by atoms with Gasteiger partial charge < -0.3 is 9.64 Å². The van der Waals surface area contributed by atoms with Crippen molar-refractivity contribution in [1.29, 1.82) is 0 Å². The lowest BCUT2D eigenvalue weighted by atomic mass is 10.2. The molecule has 4 nitrogen and oxygen atoms in total. The highest BCUT2D eigenvalue weighted by molar-refractivity contribution is 7.99. The van der Waals surface area contributed by atoms with Gasteiger partial charge in [0, 0.05) is 24.2 Å². The van der Waals surface area contributed by atoms with Gasteiger partial charge in [0.15, 0.2) is 0 Å². The molecular weight excluding hydrogens is 320 g/mol. The minimum Gasteiger partial charge on any atom is -0.375 e. The van der Waals surface area contributed by atoms with Crippen LogP contribution in [0.2, 0.25) is 0 Å². The Kier molecular flexibility index (Phi) is 5.21. The smallest absolute Gasteiger partial charge is 0.256 e. The number of carbonyl (C=O) groups excluding carboxylic acids is 1. The molecule has 5 heteroatoms. The number of aryl methyl sites for hydroxylation is 2. The van der Waals surface area contributed by atoms with Crippen molar-refractivity contribution in [3.8, 4) is 0 Å². The molecule has 24 heavy (non-hydrogen) atoms. The van der Waals surface area contributed by atoms with Crippen LogP contribution in [0.1, 0.15) is 28.4 Å². The number of pyridine rings is 1. The summed E-state index contributed by atoms with van der Waals surface area (Å²) in [7, 11) is 0. The topological polar surface area (TPSA) is 42.4 Å². The van der Waals surface area contributed by atoms with Crippen LogP contribution in [0.3, 0.4) is 0 Å². The highest BCUT2D eigenvalue weighted by Gasteiger charge is 2.25. The van der Waals surface area contributed by atoms with Crippen LogP contribution in [-0.2, 0) is 4.74 Å². The summed E-state index contributed by atoms with van der Waals surface area (Å²) >= 11 is 1.56. The number of benzene rings is 1. The summed E-state index contributed by atoms with van der Waals surface area (Å²) in [4.78, 5) is 20.4. The molecule has 2 heterocycles. The predicted molar refractivity (Wildman–Crippen MR) is 95.6 cm³/mol. The average molecular weight is 342 g/mol. The van der Waals surface area contributed by atoms with Crippen molar-refractivity contribution >= 4 is 17.7 Å². The fraction of sp³-hybridized carbons (Fsp3) is 0.368. The number of nitrogens with zero attached hydrogens (tertiary/aromatic N) is 2. The summed E-state index contributed by atoms with van der Waals surface area (Å²) < 4.78 is 5.53. The van der Waals surface area contributed by atoms with Crippen LogP contribution < -0.4 is 0 Å². The van der Waals surface area contributed by atoms with E-state index < -0.39 is 0 Å². The molecule has 0 radical (unpaired) electrons. The van der Waals surface area contributed by atoms with Gasteiger partial charge in [-0.15, -0.1) is 0 Å². The highest BCUT2D eigenvalue weighted by atomic mass is 32.2. The molecule has 0 saturated carbocycles. The van der Waals surface area contributed by atoms with Crippen molar-refractivity contribution < 1.29 is 9.53 Å². The number of ether oxygens (including phenoxy) is 1. The van der Waals surface area contributed by atoms with Crippen molar-refractivity contribution in [1.82, 2.24) is 9.88 Å². The lowest BCUT2D eigenvalue weighted by Gasteiger charge is -2.31. The Balaban J connectivity index is 1.87. The predicted octanol–water partition coefficient (Wildman–Crippen LogP) is 3.71. The van der Waals surface area contributed by atoms with E-state index in [0.29, 0.717) is 25.3 Å². The van der Waals surface area contributed by atoms with Crippen LogP contribution in [0.15, 0.2) is 46.5 Å². The maximum atomic E-state index is 12.9. The van der Waals surface area contributed by atoms with Crippen molar-refractivity contribution in [2.75, 3.05) is 19.7 Å². The zero-order valence-electron chi connectivity index (χ0n) is 14.3. The minimum atomic E-state index is 0.0334. The normalized spacial score (nSPS) is 17.8. The van der Waals surface area contributed by atoms with Gasteiger partial charge in [0.2, 0.25) is 0 Å². The molecule has 3 rings (SSSR count). The van der Waals surface area contributed by atoms with Gasteiger partial charge in [-0.2, -0.15) is 0 Å². The molecule has 1 amide bonds. The van der Waals surface area contributed by atoms with Gasteiger partial charge in [-0.1, -0.05) is 23.9 Å². The fourth-order valence-electron chi connectivity index (χ4n) is 2.73. The van der Waals surface area contributed by atoms with Crippen molar-refractivity contribution in [2.45, 2.75) is 36.8 Å². The van der Waals surface area contributed by atoms with Gasteiger partial charge in [0.1, 0.15) is 5.03 Å². The van der Waals surface area contributed by atoms with E-state index in [0.717, 1.165) is 9.92 Å². The second-order valence-electron chi connectivity index (χ2n) is 6.16. The van der Waals surface area contributed by atoms with E-state index in [4.69, 9.17) is 4.74 Å². The molecule has 1 fully saturated rings. The Morgan fingerprint density at radius 3 is 2.96 bits per heavy atom. The van der Waals surface area contributed by atoms with Crippen LogP contribution in [0.25, 0.3) is 0 Å². The van der Waals surface area contributed by atoms with Crippen molar-refractivity contribution in [2.24, 2.45) is 0 Å². The van der Waals surface area contributed by atoms with Crippen LogP contribution in [-0.4, -0.2) is 41.6 Å². The maximum Gasteiger partial charge on any atom is 0.256 e. The summed E-state index contributed by atoms with van der Waals surface area (Å²) in [6.45, 7) is 7.99. The number of rotatable bonds is 3. The van der Waals surface area contributed by atoms with Crippen LogP contribution >= 0.6 is 11.8 Å². The number of amides is 1. The molecule has 126 valence electrons. The molecular formula is C19H22N2O2S. The van der Waals surface area contributed by atoms with E-state index in [-0.39, 0.29) is 12.0 Å². The Hall–Kier alpha value is -1.85. The van der Waals surface area contributed by atoms with E-state index in [2.05, 4.69) is 37.0 Å². The zero-order chi connectivity index (χ0) is 17.1. The van der Waals surface area contributed by atoms with E-state index in [1.807, 2.05) is 24.0 Å². The second kappa shape index (κ2) is 7.36. The Morgan fingerprint density at radius 1 is 1.33 bits per heavy atom. The largest absolute Gasteiger partial charge is 0.375 e. The van der Waals surface area contributed by atoms with Crippen molar-refractivity contribution in [3.63, 3.8) is 0 Å². The van der Waals surface area contributed by atoms with Gasteiger partial charge in [-0.3, -0.25) is 4.79 Å². The SMILES string of the molecule is Cc1ccc(C)c(Sc2ncccc2C(=O)N2CCOC(C)C2)c1. The van der Waals surface area contributed by atoms with Crippen LogP contribution in [0.4, 0.5) is 0 Å². The Labute approximate surface area is 147 Å². The number of carbonyl (C=O) groups is 1. The van der Waals surface area contributed by atoms with Crippen molar-refractivity contribution in [3.05, 3.63) is 53.2 Å². The van der Waals surface area contributed by atoms with E-state index in [9.17, 15) is 4.79 Å². The number of hydrogen-bond acceptors (Lipinski definition) is 4. The molecule has 1 atom stereocenters. The summed E-state index contributed by atoms with van der Waals surface area (Å²) in [6.07, 6.45) is 1.82. The van der Waals surface area contributed by atoms with Gasteiger partial charge in [0.05, 0.1) is 18.3 Å². The Morgan fingerprint density at radius 2 is 2.17 bits per heavy atom. The molecule has 1 unspecified atom stereocenters. The standard InChI is InChI=1S/C19H22N2O2S/c1-13-6-7-14(2)17(11-13)24-18-16(5-4-8-20-18)19(22)21-9-10-23-15(3)12-21/h4-8,11,15H,9-10,12H2,1-3H3. The molecule has 0 aliphatic carbocycles.